The lowest BCUT2D eigenvalue weighted by Crippen LogP contribution is -2.35. The molecule has 122 valence electrons. The minimum absolute atomic E-state index is 0.136. The highest BCUT2D eigenvalue weighted by molar-refractivity contribution is 5.99. The molecule has 1 N–H and O–H groups in total. The summed E-state index contributed by atoms with van der Waals surface area (Å²) >= 11 is 0. The third kappa shape index (κ3) is 4.72. The Bertz CT molecular complexity index is 480. The van der Waals surface area contributed by atoms with Crippen molar-refractivity contribution >= 4 is 5.78 Å². The van der Waals surface area contributed by atoms with Gasteiger partial charge < -0.3 is 5.32 Å². The van der Waals surface area contributed by atoms with Gasteiger partial charge in [-0.25, -0.2) is 0 Å². The Kier molecular flexibility index (Phi) is 7.94. The smallest absolute Gasteiger partial charge is 0.163 e. The van der Waals surface area contributed by atoms with Crippen molar-refractivity contribution < 1.29 is 4.79 Å². The van der Waals surface area contributed by atoms with Crippen LogP contribution in [-0.2, 0) is 6.42 Å². The van der Waals surface area contributed by atoms with Crippen molar-refractivity contribution in [3.8, 4) is 0 Å². The first kappa shape index (κ1) is 18.5. The number of unbranched alkanes of at least 4 members (excludes halogenated alkanes) is 1. The summed E-state index contributed by atoms with van der Waals surface area (Å²) in [6.45, 7) is 10.8. The van der Waals surface area contributed by atoms with Gasteiger partial charge in [0.1, 0.15) is 0 Å². The first-order chi connectivity index (χ1) is 10.7. The van der Waals surface area contributed by atoms with Crippen LogP contribution in [0.25, 0.3) is 0 Å². The summed E-state index contributed by atoms with van der Waals surface area (Å²) < 4.78 is 0. The molecule has 2 rings (SSSR count). The number of nitrogens with one attached hydrogen (secondary N) is 1. The molecule has 1 unspecified atom stereocenters. The minimum Gasteiger partial charge on any atom is -0.391 e. The second-order valence-corrected chi connectivity index (χ2v) is 5.95. The van der Waals surface area contributed by atoms with Crippen molar-refractivity contribution in [2.45, 2.75) is 59.3 Å². The molecular formula is C20H31NO. The summed E-state index contributed by atoms with van der Waals surface area (Å²) in [5.74, 6) is 0.321. The van der Waals surface area contributed by atoms with Crippen molar-refractivity contribution in [1.82, 2.24) is 5.32 Å². The van der Waals surface area contributed by atoms with Crippen LogP contribution in [0, 0.1) is 5.41 Å². The second kappa shape index (κ2) is 9.45. The highest BCUT2D eigenvalue weighted by Gasteiger charge is 2.37. The summed E-state index contributed by atoms with van der Waals surface area (Å²) in [6, 6.07) is 8.11. The third-order valence-electron chi connectivity index (χ3n) is 4.42. The molecule has 0 spiro atoms. The molecule has 1 aromatic carbocycles. The van der Waals surface area contributed by atoms with Crippen LogP contribution in [0.1, 0.15) is 68.8 Å². The molecule has 1 atom stereocenters. The fraction of sp³-hybridized carbons (Fsp3) is 0.550. The van der Waals surface area contributed by atoms with Crippen molar-refractivity contribution in [2.75, 3.05) is 6.54 Å². The maximum Gasteiger partial charge on any atom is 0.163 e. The van der Waals surface area contributed by atoms with Crippen LogP contribution in [0.3, 0.4) is 0 Å². The van der Waals surface area contributed by atoms with E-state index < -0.39 is 0 Å². The maximum atomic E-state index is 12.5. The number of benzene rings is 1. The van der Waals surface area contributed by atoms with Gasteiger partial charge in [-0.2, -0.15) is 0 Å². The van der Waals surface area contributed by atoms with Gasteiger partial charge in [0.25, 0.3) is 0 Å². The lowest BCUT2D eigenvalue weighted by atomic mass is 9.66. The summed E-state index contributed by atoms with van der Waals surface area (Å²) in [5, 5.41) is 3.19. The van der Waals surface area contributed by atoms with E-state index in [1.807, 2.05) is 32.0 Å². The maximum absolute atomic E-state index is 12.5. The Morgan fingerprint density at radius 1 is 1.23 bits per heavy atom. The average molecular weight is 301 g/mol. The molecule has 1 aromatic rings. The number of hydrogen-bond donors (Lipinski definition) is 1. The largest absolute Gasteiger partial charge is 0.391 e. The van der Waals surface area contributed by atoms with Crippen LogP contribution < -0.4 is 5.32 Å². The number of carbonyl (C=O) groups is 1. The fourth-order valence-electron chi connectivity index (χ4n) is 3.32. The Balaban J connectivity index is 0.00000116. The van der Waals surface area contributed by atoms with Gasteiger partial charge in [0.15, 0.2) is 5.78 Å². The van der Waals surface area contributed by atoms with E-state index in [1.165, 1.54) is 18.4 Å². The third-order valence-corrected chi connectivity index (χ3v) is 4.42. The van der Waals surface area contributed by atoms with Crippen LogP contribution >= 0.6 is 0 Å². The van der Waals surface area contributed by atoms with Crippen molar-refractivity contribution in [3.05, 3.63) is 48.2 Å². The summed E-state index contributed by atoms with van der Waals surface area (Å²) in [5.41, 5.74) is 2.31. The van der Waals surface area contributed by atoms with E-state index in [-0.39, 0.29) is 5.41 Å². The quantitative estimate of drug-likeness (QED) is 0.706. The Hall–Kier alpha value is -1.57. The van der Waals surface area contributed by atoms with Crippen LogP contribution in [0.5, 0.6) is 0 Å². The lowest BCUT2D eigenvalue weighted by Gasteiger charge is -2.38. The van der Waals surface area contributed by atoms with Crippen LogP contribution in [0.2, 0.25) is 0 Å². The van der Waals surface area contributed by atoms with E-state index in [0.29, 0.717) is 12.2 Å². The molecule has 0 aromatic heterocycles. The fourth-order valence-corrected chi connectivity index (χ4v) is 3.32. The van der Waals surface area contributed by atoms with Gasteiger partial charge in [-0.05, 0) is 36.4 Å². The topological polar surface area (TPSA) is 29.1 Å². The molecule has 1 aliphatic carbocycles. The van der Waals surface area contributed by atoms with E-state index in [2.05, 4.69) is 24.9 Å². The predicted molar refractivity (Wildman–Crippen MR) is 95.2 cm³/mol. The van der Waals surface area contributed by atoms with E-state index in [1.54, 1.807) is 6.20 Å². The minimum atomic E-state index is 0.136. The van der Waals surface area contributed by atoms with Gasteiger partial charge in [0.05, 0.1) is 0 Å². The van der Waals surface area contributed by atoms with E-state index in [4.69, 9.17) is 0 Å². The molecule has 2 heteroatoms. The molecule has 0 radical (unpaired) electrons. The van der Waals surface area contributed by atoms with Crippen molar-refractivity contribution in [1.29, 1.82) is 0 Å². The molecule has 0 fully saturated rings. The first-order valence-corrected chi connectivity index (χ1v) is 8.66. The van der Waals surface area contributed by atoms with Crippen LogP contribution in [-0.4, -0.2) is 12.3 Å². The van der Waals surface area contributed by atoms with Gasteiger partial charge in [-0.15, -0.1) is 0 Å². The zero-order valence-electron chi connectivity index (χ0n) is 14.5. The predicted octanol–water partition coefficient (Wildman–Crippen LogP) is 5.14. The van der Waals surface area contributed by atoms with Crippen LogP contribution in [0.15, 0.2) is 37.0 Å². The van der Waals surface area contributed by atoms with Gasteiger partial charge in [0.2, 0.25) is 0 Å². The molecule has 0 saturated heterocycles. The highest BCUT2D eigenvalue weighted by Crippen LogP contribution is 2.42. The Morgan fingerprint density at radius 3 is 2.64 bits per heavy atom. The molecule has 2 nitrogen and oxygen atoms in total. The van der Waals surface area contributed by atoms with Gasteiger partial charge in [-0.1, -0.05) is 64.5 Å². The molecule has 1 aliphatic rings. The number of fused-ring (bicyclic) bond motifs is 1. The van der Waals surface area contributed by atoms with Gasteiger partial charge >= 0.3 is 0 Å². The first-order valence-electron chi connectivity index (χ1n) is 8.66. The second-order valence-electron chi connectivity index (χ2n) is 5.95. The zero-order valence-corrected chi connectivity index (χ0v) is 14.5. The lowest BCUT2D eigenvalue weighted by molar-refractivity contribution is 0.0857. The molecule has 0 amide bonds. The van der Waals surface area contributed by atoms with Crippen LogP contribution in [0.4, 0.5) is 0 Å². The zero-order chi connectivity index (χ0) is 16.4. The normalized spacial score (nSPS) is 19.7. The van der Waals surface area contributed by atoms with Gasteiger partial charge in [-0.3, -0.25) is 4.79 Å². The molecule has 0 bridgehead atoms. The number of rotatable bonds is 7. The highest BCUT2D eigenvalue weighted by atomic mass is 16.1. The standard InChI is InChI=1S/C18H25NO.C2H6/c1-3-5-10-18(11-12-19-4-2)13-15-8-6-7-9-16(15)17(20)14-18;1-2/h4,6-9,19H,2-3,5,10-14H2,1H3;1-2H3. The average Bonchev–Trinajstić information content (AvgIpc) is 2.55. The Morgan fingerprint density at radius 2 is 1.95 bits per heavy atom. The number of hydrogen-bond acceptors (Lipinski definition) is 2. The van der Waals surface area contributed by atoms with Crippen molar-refractivity contribution in [2.24, 2.45) is 5.41 Å². The summed E-state index contributed by atoms with van der Waals surface area (Å²) in [7, 11) is 0. The molecule has 0 saturated carbocycles. The SMILES string of the molecule is C=CNCCC1(CCCC)CC(=O)c2ccccc2C1.CC. The summed E-state index contributed by atoms with van der Waals surface area (Å²) in [6.07, 6.45) is 8.04. The van der Waals surface area contributed by atoms with Gasteiger partial charge in [0, 0.05) is 18.5 Å². The van der Waals surface area contributed by atoms with Crippen molar-refractivity contribution in [3.63, 3.8) is 0 Å². The van der Waals surface area contributed by atoms with E-state index in [9.17, 15) is 4.79 Å². The molecule has 0 aliphatic heterocycles. The number of ketones is 1. The van der Waals surface area contributed by atoms with E-state index in [0.717, 1.165) is 31.4 Å². The molecule has 22 heavy (non-hydrogen) atoms. The monoisotopic (exact) mass is 301 g/mol. The Labute approximate surface area is 136 Å². The summed E-state index contributed by atoms with van der Waals surface area (Å²) in [4.78, 5) is 12.5. The number of carbonyl (C=O) groups excluding carboxylic acids is 1. The number of Topliss-reactive ketones (excluding diaryl/α,β-unsaturated/α-hetero) is 1. The molecular weight excluding hydrogens is 270 g/mol. The molecule has 0 heterocycles. The van der Waals surface area contributed by atoms with E-state index >= 15 is 0 Å².